The highest BCUT2D eigenvalue weighted by Crippen LogP contribution is 2.39. The van der Waals surface area contributed by atoms with E-state index in [1.54, 1.807) is 5.19 Å². The van der Waals surface area contributed by atoms with Gasteiger partial charge in [0.25, 0.3) is 0 Å². The van der Waals surface area contributed by atoms with Crippen molar-refractivity contribution in [2.45, 2.75) is 58.2 Å². The zero-order valence-corrected chi connectivity index (χ0v) is 19.3. The molecule has 1 saturated carbocycles. The minimum absolute atomic E-state index is 0.714. The smallest absolute Gasteiger partial charge is 0.219 e. The van der Waals surface area contributed by atoms with Gasteiger partial charge in [-0.25, -0.2) is 9.41 Å². The lowest BCUT2D eigenvalue weighted by Gasteiger charge is -2.30. The van der Waals surface area contributed by atoms with E-state index in [4.69, 9.17) is 6.57 Å². The third kappa shape index (κ3) is 3.40. The fraction of sp³-hybridized carbons (Fsp3) is 0.385. The van der Waals surface area contributed by atoms with Crippen LogP contribution >= 0.6 is 0 Å². The number of rotatable bonds is 3. The van der Waals surface area contributed by atoms with Gasteiger partial charge < -0.3 is 0 Å². The van der Waals surface area contributed by atoms with Gasteiger partial charge in [-0.1, -0.05) is 67.7 Å². The van der Waals surface area contributed by atoms with Crippen LogP contribution in [0.3, 0.4) is 0 Å². The molecule has 148 valence electrons. The average Bonchev–Trinajstić information content (AvgIpc) is 3.25. The molecule has 0 radical (unpaired) electrons. The average molecular weight is 400 g/mol. The Kier molecular flexibility index (Phi) is 5.08. The van der Waals surface area contributed by atoms with E-state index in [9.17, 15) is 0 Å². The van der Waals surface area contributed by atoms with Gasteiger partial charge in [0.2, 0.25) is 5.69 Å². The van der Waals surface area contributed by atoms with Gasteiger partial charge in [-0.05, 0) is 42.5 Å². The maximum atomic E-state index is 7.49. The summed E-state index contributed by atoms with van der Waals surface area (Å²) in [7, 11) is 0.655. The van der Waals surface area contributed by atoms with Crippen molar-refractivity contribution < 1.29 is 4.57 Å². The molecule has 2 nitrogen and oxygen atoms in total. The first-order chi connectivity index (χ1) is 13.8. The zero-order chi connectivity index (χ0) is 20.8. The third-order valence-electron chi connectivity index (χ3n) is 7.29. The van der Waals surface area contributed by atoms with Crippen molar-refractivity contribution in [2.24, 2.45) is 7.05 Å². The van der Waals surface area contributed by atoms with E-state index in [1.165, 1.54) is 58.8 Å². The predicted molar refractivity (Wildman–Crippen MR) is 126 cm³/mol. The molecule has 3 aromatic rings. The van der Waals surface area contributed by atoms with E-state index in [0.29, 0.717) is 5.69 Å². The molecule has 1 aromatic heterocycles. The Morgan fingerprint density at radius 3 is 2.45 bits per heavy atom. The van der Waals surface area contributed by atoms with Gasteiger partial charge >= 0.3 is 0 Å². The quantitative estimate of drug-likeness (QED) is 0.275. The first kappa shape index (κ1) is 19.9. The highest BCUT2D eigenvalue weighted by molar-refractivity contribution is 6.91. The normalized spacial score (nSPS) is 15.0. The summed E-state index contributed by atoms with van der Waals surface area (Å²) in [6.07, 6.45) is 7.81. The highest BCUT2D eigenvalue weighted by atomic mass is 28.3. The van der Waals surface area contributed by atoms with E-state index in [1.807, 2.05) is 6.07 Å². The topological polar surface area (TPSA) is 8.24 Å². The number of pyridine rings is 1. The standard InChI is InChI=1S/C26H31N2Si/c1-18-15-21(27-3)17-25(19(18)2)26-24-12-11-23(16-20(24)13-14-28(26)4)29(5,6)22-9-7-8-10-22/h11-17,22H,7-10H2,1-2,4-6H3/q+1. The Morgan fingerprint density at radius 1 is 1.03 bits per heavy atom. The molecule has 29 heavy (non-hydrogen) atoms. The van der Waals surface area contributed by atoms with Crippen LogP contribution in [0.4, 0.5) is 5.69 Å². The van der Waals surface area contributed by atoms with Crippen LogP contribution in [-0.2, 0) is 7.05 Å². The number of hydrogen-bond acceptors (Lipinski definition) is 0. The summed E-state index contributed by atoms with van der Waals surface area (Å²) in [6.45, 7) is 16.9. The van der Waals surface area contributed by atoms with Crippen molar-refractivity contribution in [3.63, 3.8) is 0 Å². The molecule has 4 rings (SSSR count). The van der Waals surface area contributed by atoms with Gasteiger partial charge in [0.05, 0.1) is 20.0 Å². The Morgan fingerprint density at radius 2 is 1.76 bits per heavy atom. The third-order valence-corrected chi connectivity index (χ3v) is 11.7. The van der Waals surface area contributed by atoms with E-state index >= 15 is 0 Å². The van der Waals surface area contributed by atoms with Crippen LogP contribution in [0.15, 0.2) is 42.6 Å². The first-order valence-electron chi connectivity index (χ1n) is 10.7. The first-order valence-corrected chi connectivity index (χ1v) is 13.8. The fourth-order valence-electron chi connectivity index (χ4n) is 5.14. The summed E-state index contributed by atoms with van der Waals surface area (Å²) in [6, 6.07) is 13.5. The van der Waals surface area contributed by atoms with Crippen LogP contribution < -0.4 is 9.75 Å². The summed E-state index contributed by atoms with van der Waals surface area (Å²) in [5.41, 5.74) is 6.44. The molecule has 0 spiro atoms. The van der Waals surface area contributed by atoms with E-state index in [-0.39, 0.29) is 0 Å². The molecule has 1 aliphatic carbocycles. The van der Waals surface area contributed by atoms with Crippen molar-refractivity contribution in [2.75, 3.05) is 0 Å². The van der Waals surface area contributed by atoms with Crippen LogP contribution in [-0.4, -0.2) is 8.07 Å². The lowest BCUT2D eigenvalue weighted by Crippen LogP contribution is -2.45. The van der Waals surface area contributed by atoms with E-state index in [0.717, 1.165) is 5.54 Å². The molecule has 3 heteroatoms. The Hall–Kier alpha value is -2.44. The van der Waals surface area contributed by atoms with Gasteiger partial charge in [-0.3, -0.25) is 0 Å². The number of hydrogen-bond donors (Lipinski definition) is 0. The Balaban J connectivity index is 1.90. The molecular weight excluding hydrogens is 368 g/mol. The van der Waals surface area contributed by atoms with Gasteiger partial charge in [-0.2, -0.15) is 0 Å². The lowest BCUT2D eigenvalue weighted by molar-refractivity contribution is -0.659. The number of fused-ring (bicyclic) bond motifs is 1. The van der Waals surface area contributed by atoms with Gasteiger partial charge in [-0.15, -0.1) is 0 Å². The molecule has 0 bridgehead atoms. The zero-order valence-electron chi connectivity index (χ0n) is 18.3. The number of aromatic nitrogens is 1. The fourth-order valence-corrected chi connectivity index (χ4v) is 8.51. The summed E-state index contributed by atoms with van der Waals surface area (Å²) in [5, 5.41) is 4.18. The maximum absolute atomic E-state index is 7.49. The number of nitrogens with zero attached hydrogens (tertiary/aromatic N) is 2. The van der Waals surface area contributed by atoms with Crippen LogP contribution in [0, 0.1) is 20.4 Å². The molecule has 1 fully saturated rings. The second kappa shape index (κ2) is 7.43. The Labute approximate surface area is 176 Å². The number of benzene rings is 2. The van der Waals surface area contributed by atoms with Crippen LogP contribution in [0.1, 0.15) is 36.8 Å². The second-order valence-electron chi connectivity index (χ2n) is 9.33. The predicted octanol–water partition coefficient (Wildman–Crippen LogP) is 6.36. The second-order valence-corrected chi connectivity index (χ2v) is 14.2. The molecule has 0 N–H and O–H groups in total. The summed E-state index contributed by atoms with van der Waals surface area (Å²) in [5.74, 6) is 0. The molecule has 1 aliphatic rings. The molecular formula is C26H31N2Si+. The van der Waals surface area contributed by atoms with Crippen molar-refractivity contribution in [1.82, 2.24) is 0 Å². The summed E-state index contributed by atoms with van der Waals surface area (Å²) < 4.78 is 2.21. The van der Waals surface area contributed by atoms with Gasteiger partial charge in [0.15, 0.2) is 11.9 Å². The molecule has 0 saturated heterocycles. The lowest BCUT2D eigenvalue weighted by atomic mass is 9.96. The minimum atomic E-state index is -1.46. The van der Waals surface area contributed by atoms with Crippen LogP contribution in [0.25, 0.3) is 26.9 Å². The van der Waals surface area contributed by atoms with Crippen LogP contribution in [0.2, 0.25) is 18.6 Å². The SMILES string of the molecule is [C-]#[N+]c1cc(C)c(C)c(-c2c3ccc([Si](C)(C)C4CCCC4)cc3cc[n+]2C)c1. The molecule has 0 atom stereocenters. The van der Waals surface area contributed by atoms with E-state index < -0.39 is 8.07 Å². The van der Waals surface area contributed by atoms with E-state index in [2.05, 4.69) is 79.9 Å². The molecule has 1 heterocycles. The summed E-state index contributed by atoms with van der Waals surface area (Å²) in [4.78, 5) is 3.71. The van der Waals surface area contributed by atoms with Crippen molar-refractivity contribution in [3.8, 4) is 11.3 Å². The van der Waals surface area contributed by atoms with Crippen molar-refractivity contribution in [1.29, 1.82) is 0 Å². The number of aryl methyl sites for hydroxylation is 2. The van der Waals surface area contributed by atoms with Crippen molar-refractivity contribution >= 4 is 29.7 Å². The van der Waals surface area contributed by atoms with Gasteiger partial charge in [0.1, 0.15) is 7.05 Å². The maximum Gasteiger partial charge on any atom is 0.219 e. The largest absolute Gasteiger partial charge is 0.238 e. The van der Waals surface area contributed by atoms with Crippen molar-refractivity contribution in [3.05, 3.63) is 65.1 Å². The summed E-state index contributed by atoms with van der Waals surface area (Å²) >= 11 is 0. The highest BCUT2D eigenvalue weighted by Gasteiger charge is 2.35. The Bertz CT molecular complexity index is 1130. The van der Waals surface area contributed by atoms with Gasteiger partial charge in [0, 0.05) is 11.6 Å². The van der Waals surface area contributed by atoms with Crippen LogP contribution in [0.5, 0.6) is 0 Å². The molecule has 0 unspecified atom stereocenters. The molecule has 0 aliphatic heterocycles. The monoisotopic (exact) mass is 399 g/mol. The molecule has 2 aromatic carbocycles. The molecule has 0 amide bonds. The minimum Gasteiger partial charge on any atom is -0.238 e.